The molecular weight excluding hydrogens is 406 g/mol. The van der Waals surface area contributed by atoms with Crippen molar-refractivity contribution in [3.05, 3.63) is 35.9 Å². The lowest BCUT2D eigenvalue weighted by molar-refractivity contribution is -0.207. The minimum Gasteiger partial charge on any atom is -0.459 e. The summed E-state index contributed by atoms with van der Waals surface area (Å²) in [4.78, 5) is 40.4. The first-order valence-electron chi connectivity index (χ1n) is 10.1. The van der Waals surface area contributed by atoms with E-state index in [2.05, 4.69) is 0 Å². The van der Waals surface area contributed by atoms with E-state index in [0.717, 1.165) is 0 Å². The van der Waals surface area contributed by atoms with E-state index in [1.165, 1.54) is 14.0 Å². The maximum atomic E-state index is 13.4. The molecule has 4 atom stereocenters. The first kappa shape index (κ1) is 23.2. The Bertz CT molecular complexity index is 851. The number of hydrogen-bond donors (Lipinski definition) is 1. The van der Waals surface area contributed by atoms with E-state index in [1.807, 2.05) is 6.07 Å². The maximum absolute atomic E-state index is 13.4. The van der Waals surface area contributed by atoms with Gasteiger partial charge in [-0.1, -0.05) is 30.3 Å². The molecule has 0 unspecified atom stereocenters. The largest absolute Gasteiger partial charge is 0.459 e. The first-order chi connectivity index (χ1) is 14.5. The minimum absolute atomic E-state index is 0.105. The molecule has 1 aromatic carbocycles. The van der Waals surface area contributed by atoms with Gasteiger partial charge in [-0.25, -0.2) is 14.5 Å². The van der Waals surface area contributed by atoms with Gasteiger partial charge in [0.2, 0.25) is 11.4 Å². The average Bonchev–Trinajstić information content (AvgIpc) is 3.14. The summed E-state index contributed by atoms with van der Waals surface area (Å²) in [5, 5.41) is 10.5. The van der Waals surface area contributed by atoms with Crippen LogP contribution in [-0.2, 0) is 35.1 Å². The lowest BCUT2D eigenvalue weighted by atomic mass is 9.77. The number of methoxy groups -OCH3 is 1. The molecule has 1 aromatic rings. The Hall–Kier alpha value is -2.49. The third-order valence-electron chi connectivity index (χ3n) is 5.81. The number of likely N-dealkylation sites (tertiary alicyclic amines) is 1. The van der Waals surface area contributed by atoms with Crippen LogP contribution in [0.15, 0.2) is 30.3 Å². The van der Waals surface area contributed by atoms with Gasteiger partial charge in [-0.3, -0.25) is 4.79 Å². The van der Waals surface area contributed by atoms with Crippen molar-refractivity contribution in [3.8, 4) is 0 Å². The fourth-order valence-corrected chi connectivity index (χ4v) is 4.24. The van der Waals surface area contributed by atoms with Gasteiger partial charge < -0.3 is 24.1 Å². The molecule has 0 bridgehead atoms. The Morgan fingerprint density at radius 2 is 1.90 bits per heavy atom. The molecule has 170 valence electrons. The molecule has 2 heterocycles. The second-order valence-electron chi connectivity index (χ2n) is 8.91. The molecule has 1 N–H and O–H groups in total. The van der Waals surface area contributed by atoms with Crippen molar-refractivity contribution in [2.75, 3.05) is 13.7 Å². The molecule has 0 spiro atoms. The maximum Gasteiger partial charge on any atom is 0.418 e. The summed E-state index contributed by atoms with van der Waals surface area (Å²) in [6, 6.07) is 8.93. The normalized spacial score (nSPS) is 30.3. The lowest BCUT2D eigenvalue weighted by Crippen LogP contribution is -2.68. The molecule has 2 aliphatic heterocycles. The van der Waals surface area contributed by atoms with Crippen LogP contribution in [0, 0.1) is 5.92 Å². The number of aliphatic hydroxyl groups excluding tert-OH is 1. The van der Waals surface area contributed by atoms with Crippen molar-refractivity contribution in [1.29, 1.82) is 0 Å². The smallest absolute Gasteiger partial charge is 0.418 e. The van der Waals surface area contributed by atoms with Gasteiger partial charge in [-0.05, 0) is 33.3 Å². The second kappa shape index (κ2) is 8.22. The van der Waals surface area contributed by atoms with Crippen LogP contribution >= 0.6 is 0 Å². The van der Waals surface area contributed by atoms with Gasteiger partial charge in [0.15, 0.2) is 6.29 Å². The zero-order valence-electron chi connectivity index (χ0n) is 18.4. The molecule has 0 saturated carbocycles. The van der Waals surface area contributed by atoms with E-state index < -0.39 is 53.5 Å². The summed E-state index contributed by atoms with van der Waals surface area (Å²) in [5.74, 6) is -2.54. The van der Waals surface area contributed by atoms with Gasteiger partial charge in [0.25, 0.3) is 0 Å². The topological polar surface area (TPSA) is 112 Å². The number of aliphatic hydroxyl groups is 1. The number of benzene rings is 1. The number of nitrogens with zero attached hydrogens (tertiary/aromatic N) is 1. The molecule has 0 aliphatic carbocycles. The van der Waals surface area contributed by atoms with Crippen LogP contribution in [-0.4, -0.2) is 64.7 Å². The third-order valence-corrected chi connectivity index (χ3v) is 5.81. The van der Waals surface area contributed by atoms with Crippen molar-refractivity contribution in [1.82, 2.24) is 4.90 Å². The summed E-state index contributed by atoms with van der Waals surface area (Å²) in [6.45, 7) is 5.43. The van der Waals surface area contributed by atoms with E-state index in [9.17, 15) is 19.5 Å². The second-order valence-corrected chi connectivity index (χ2v) is 8.91. The van der Waals surface area contributed by atoms with Crippen molar-refractivity contribution in [3.63, 3.8) is 0 Å². The number of ether oxygens (including phenoxy) is 4. The van der Waals surface area contributed by atoms with Gasteiger partial charge in [-0.2, -0.15) is 0 Å². The number of hydrogen-bond acceptors (Lipinski definition) is 8. The van der Waals surface area contributed by atoms with Crippen molar-refractivity contribution in [2.45, 2.75) is 63.8 Å². The SMILES string of the molecule is CO[C@@H]1C[C@H]2C(=O)N(C(=O)OC(C)(C)C)[C@@](CO)(C(=O)OCc3ccccc3)[C@@]2(C)O1. The standard InChI is InChI=1S/C22H29NO8/c1-20(2,3)31-19(27)23-17(25)15-11-16(28-5)30-21(15,4)22(23,13-24)18(26)29-12-14-9-7-6-8-10-14/h6-10,15-16,24H,11-13H2,1-5H3/t15-,16-,21-,22-/m0/s1. The van der Waals surface area contributed by atoms with Crippen LogP contribution in [0.1, 0.15) is 39.7 Å². The number of rotatable bonds is 5. The van der Waals surface area contributed by atoms with Crippen molar-refractivity contribution < 1.29 is 38.4 Å². The number of carbonyl (C=O) groups is 3. The quantitative estimate of drug-likeness (QED) is 0.699. The third kappa shape index (κ3) is 3.81. The molecule has 0 radical (unpaired) electrons. The highest BCUT2D eigenvalue weighted by Gasteiger charge is 2.76. The summed E-state index contributed by atoms with van der Waals surface area (Å²) in [7, 11) is 1.42. The van der Waals surface area contributed by atoms with E-state index in [0.29, 0.717) is 10.5 Å². The summed E-state index contributed by atoms with van der Waals surface area (Å²) >= 11 is 0. The Balaban J connectivity index is 2.02. The van der Waals surface area contributed by atoms with Gasteiger partial charge in [-0.15, -0.1) is 0 Å². The number of imide groups is 1. The highest BCUT2D eigenvalue weighted by atomic mass is 16.7. The van der Waals surface area contributed by atoms with Crippen LogP contribution < -0.4 is 0 Å². The number of carbonyl (C=O) groups excluding carboxylic acids is 3. The fourth-order valence-electron chi connectivity index (χ4n) is 4.24. The molecule has 31 heavy (non-hydrogen) atoms. The minimum atomic E-state index is -2.13. The Morgan fingerprint density at radius 3 is 2.45 bits per heavy atom. The molecule has 2 aliphatic rings. The van der Waals surface area contributed by atoms with Crippen LogP contribution in [0.5, 0.6) is 0 Å². The summed E-state index contributed by atoms with van der Waals surface area (Å²) in [6.07, 6.45) is -1.69. The highest BCUT2D eigenvalue weighted by molar-refractivity contribution is 6.05. The molecule has 9 nitrogen and oxygen atoms in total. The number of amides is 2. The Labute approximate surface area is 181 Å². The Kier molecular flexibility index (Phi) is 6.14. The Morgan fingerprint density at radius 1 is 1.26 bits per heavy atom. The van der Waals surface area contributed by atoms with Crippen molar-refractivity contribution in [2.24, 2.45) is 5.92 Å². The summed E-state index contributed by atoms with van der Waals surface area (Å²) < 4.78 is 22.0. The molecule has 9 heteroatoms. The van der Waals surface area contributed by atoms with E-state index in [4.69, 9.17) is 18.9 Å². The predicted octanol–water partition coefficient (Wildman–Crippen LogP) is 2.01. The van der Waals surface area contributed by atoms with E-state index >= 15 is 0 Å². The van der Waals surface area contributed by atoms with Gasteiger partial charge in [0, 0.05) is 13.5 Å². The van der Waals surface area contributed by atoms with Crippen LogP contribution in [0.3, 0.4) is 0 Å². The highest BCUT2D eigenvalue weighted by Crippen LogP contribution is 2.53. The monoisotopic (exact) mass is 435 g/mol. The molecular formula is C22H29NO8. The first-order valence-corrected chi connectivity index (χ1v) is 10.1. The zero-order valence-corrected chi connectivity index (χ0v) is 18.4. The molecule has 2 fully saturated rings. The van der Waals surface area contributed by atoms with Gasteiger partial charge in [0.05, 0.1) is 12.5 Å². The van der Waals surface area contributed by atoms with Gasteiger partial charge >= 0.3 is 12.1 Å². The predicted molar refractivity (Wildman–Crippen MR) is 108 cm³/mol. The zero-order chi connectivity index (χ0) is 23.0. The van der Waals surface area contributed by atoms with Crippen molar-refractivity contribution >= 4 is 18.0 Å². The number of fused-ring (bicyclic) bond motifs is 1. The molecule has 3 rings (SSSR count). The fraction of sp³-hybridized carbons (Fsp3) is 0.591. The van der Waals surface area contributed by atoms with Gasteiger partial charge in [0.1, 0.15) is 17.8 Å². The van der Waals surface area contributed by atoms with Crippen LogP contribution in [0.2, 0.25) is 0 Å². The summed E-state index contributed by atoms with van der Waals surface area (Å²) in [5.41, 5.74) is -3.91. The molecule has 2 saturated heterocycles. The lowest BCUT2D eigenvalue weighted by Gasteiger charge is -2.42. The average molecular weight is 435 g/mol. The molecule has 0 aromatic heterocycles. The van der Waals surface area contributed by atoms with Crippen LogP contribution in [0.4, 0.5) is 4.79 Å². The number of esters is 1. The van der Waals surface area contributed by atoms with E-state index in [1.54, 1.807) is 45.0 Å². The van der Waals surface area contributed by atoms with Crippen LogP contribution in [0.25, 0.3) is 0 Å². The molecule has 2 amide bonds. The van der Waals surface area contributed by atoms with E-state index in [-0.39, 0.29) is 13.0 Å².